The zero-order valence-corrected chi connectivity index (χ0v) is 13.4. The molecule has 2 aromatic heterocycles. The fraction of sp³-hybridized carbons (Fsp3) is 0.0556. The Morgan fingerprint density at radius 1 is 1.29 bits per heavy atom. The van der Waals surface area contributed by atoms with Gasteiger partial charge in [-0.1, -0.05) is 12.1 Å². The zero-order valence-electron chi connectivity index (χ0n) is 12.6. The molecule has 1 aliphatic heterocycles. The lowest BCUT2D eigenvalue weighted by Gasteiger charge is -2.18. The first-order valence-electron chi connectivity index (χ1n) is 7.36. The minimum absolute atomic E-state index is 0.462. The molecule has 4 rings (SSSR count). The van der Waals surface area contributed by atoms with E-state index < -0.39 is 0 Å². The lowest BCUT2D eigenvalue weighted by molar-refractivity contribution is -0.107. The quantitative estimate of drug-likeness (QED) is 0.723. The number of benzene rings is 1. The normalized spacial score (nSPS) is 12.4. The predicted octanol–water partition coefficient (Wildman–Crippen LogP) is 3.90. The monoisotopic (exact) mass is 332 g/mol. The number of pyridine rings is 1. The number of anilines is 3. The molecule has 0 unspecified atom stereocenters. The molecule has 1 amide bonds. The summed E-state index contributed by atoms with van der Waals surface area (Å²) in [6, 6.07) is 15.6. The minimum Gasteiger partial charge on any atom is -0.338 e. The third-order valence-electron chi connectivity index (χ3n) is 3.92. The van der Waals surface area contributed by atoms with Crippen LogP contribution in [0.4, 0.5) is 17.2 Å². The molecule has 0 spiro atoms. The van der Waals surface area contributed by atoms with Gasteiger partial charge in [0.1, 0.15) is 16.8 Å². The highest BCUT2D eigenvalue weighted by Crippen LogP contribution is 2.38. The van der Waals surface area contributed by atoms with Gasteiger partial charge in [0.25, 0.3) is 0 Å². The van der Waals surface area contributed by atoms with E-state index in [1.54, 1.807) is 17.2 Å². The number of rotatable bonds is 2. The molecule has 0 saturated heterocycles. The van der Waals surface area contributed by atoms with Crippen molar-refractivity contribution >= 4 is 34.9 Å². The van der Waals surface area contributed by atoms with Crippen LogP contribution in [0.1, 0.15) is 10.4 Å². The van der Waals surface area contributed by atoms with Crippen LogP contribution in [0.2, 0.25) is 0 Å². The van der Waals surface area contributed by atoms with E-state index in [9.17, 15) is 4.79 Å². The van der Waals surface area contributed by atoms with E-state index >= 15 is 0 Å². The van der Waals surface area contributed by atoms with Crippen LogP contribution in [-0.2, 0) is 11.3 Å². The molecule has 0 saturated carbocycles. The van der Waals surface area contributed by atoms with Crippen LogP contribution in [0.5, 0.6) is 0 Å². The van der Waals surface area contributed by atoms with E-state index in [4.69, 9.17) is 5.26 Å². The molecular formula is C18H12N4OS. The number of hydrogen-bond donors (Lipinski definition) is 1. The highest BCUT2D eigenvalue weighted by Gasteiger charge is 2.20. The number of hydrogen-bond acceptors (Lipinski definition) is 5. The summed E-state index contributed by atoms with van der Waals surface area (Å²) in [7, 11) is 0. The van der Waals surface area contributed by atoms with Crippen molar-refractivity contribution in [2.45, 2.75) is 6.54 Å². The Kier molecular flexibility index (Phi) is 3.48. The summed E-state index contributed by atoms with van der Waals surface area (Å²) in [5.41, 5.74) is 3.57. The van der Waals surface area contributed by atoms with Crippen LogP contribution in [0.25, 0.3) is 10.4 Å². The molecular weight excluding hydrogens is 320 g/mol. The van der Waals surface area contributed by atoms with Gasteiger partial charge in [0, 0.05) is 16.6 Å². The Balaban J connectivity index is 1.81. The number of fused-ring (bicyclic) bond motifs is 2. The minimum atomic E-state index is 0.462. The third-order valence-corrected chi connectivity index (χ3v) is 4.96. The molecule has 3 heterocycles. The number of nitriles is 1. The molecule has 0 bridgehead atoms. The number of nitrogens with one attached hydrogen (secondary N) is 1. The average Bonchev–Trinajstić information content (AvgIpc) is 3.04. The fourth-order valence-electron chi connectivity index (χ4n) is 2.75. The Labute approximate surface area is 142 Å². The largest absolute Gasteiger partial charge is 0.338 e. The van der Waals surface area contributed by atoms with Crippen LogP contribution in [0.3, 0.4) is 0 Å². The molecule has 1 aromatic carbocycles. The van der Waals surface area contributed by atoms with Crippen LogP contribution in [0.15, 0.2) is 48.7 Å². The third kappa shape index (κ3) is 2.41. The summed E-state index contributed by atoms with van der Waals surface area (Å²) in [5.74, 6) is 0.763. The number of aromatic nitrogens is 1. The number of carbonyl (C=O) groups excluding carboxylic acids is 1. The smallest absolute Gasteiger partial charge is 0.214 e. The maximum atomic E-state index is 11.6. The first kappa shape index (κ1) is 14.4. The molecule has 1 N–H and O–H groups in total. The predicted molar refractivity (Wildman–Crippen MR) is 94.2 cm³/mol. The van der Waals surface area contributed by atoms with Crippen molar-refractivity contribution in [1.82, 2.24) is 4.98 Å². The van der Waals surface area contributed by atoms with Gasteiger partial charge in [-0.2, -0.15) is 5.26 Å². The Morgan fingerprint density at radius 2 is 2.21 bits per heavy atom. The molecule has 5 nitrogen and oxygen atoms in total. The van der Waals surface area contributed by atoms with Crippen molar-refractivity contribution in [1.29, 1.82) is 5.26 Å². The molecule has 6 heteroatoms. The van der Waals surface area contributed by atoms with Gasteiger partial charge in [-0.05, 0) is 35.9 Å². The van der Waals surface area contributed by atoms with Crippen molar-refractivity contribution in [3.63, 3.8) is 0 Å². The van der Waals surface area contributed by atoms with Gasteiger partial charge in [0.15, 0.2) is 0 Å². The molecule has 116 valence electrons. The highest BCUT2D eigenvalue weighted by molar-refractivity contribution is 7.16. The van der Waals surface area contributed by atoms with E-state index in [1.165, 1.54) is 11.3 Å². The SMILES string of the molecule is N#Cc1ccc(-c2ccc3c(c2)N(C=O)Cc2cccnc2N3)s1. The van der Waals surface area contributed by atoms with Crippen LogP contribution < -0.4 is 10.2 Å². The second-order valence-electron chi connectivity index (χ2n) is 5.38. The van der Waals surface area contributed by atoms with Crippen LogP contribution in [0, 0.1) is 11.3 Å². The molecule has 24 heavy (non-hydrogen) atoms. The molecule has 0 radical (unpaired) electrons. The molecule has 0 fully saturated rings. The maximum absolute atomic E-state index is 11.6. The standard InChI is InChI=1S/C18H12N4OS/c19-9-14-4-6-17(24-14)12-3-5-15-16(8-12)22(11-23)10-13-2-1-7-20-18(13)21-15/h1-8,11H,10H2,(H,20,21). The lowest BCUT2D eigenvalue weighted by Crippen LogP contribution is -2.19. The number of carbonyl (C=O) groups is 1. The van der Waals surface area contributed by atoms with E-state index in [1.807, 2.05) is 36.4 Å². The van der Waals surface area contributed by atoms with Gasteiger partial charge in [-0.15, -0.1) is 11.3 Å². The van der Waals surface area contributed by atoms with Gasteiger partial charge in [-0.25, -0.2) is 4.98 Å². The lowest BCUT2D eigenvalue weighted by atomic mass is 10.1. The van der Waals surface area contributed by atoms with Crippen molar-refractivity contribution in [3.05, 3.63) is 59.1 Å². The number of nitrogens with zero attached hydrogens (tertiary/aromatic N) is 3. The van der Waals surface area contributed by atoms with Gasteiger partial charge in [0.2, 0.25) is 6.41 Å². The molecule has 0 atom stereocenters. The first-order valence-corrected chi connectivity index (χ1v) is 8.17. The van der Waals surface area contributed by atoms with Crippen molar-refractivity contribution in [3.8, 4) is 16.5 Å². The zero-order chi connectivity index (χ0) is 16.5. The second kappa shape index (κ2) is 5.80. The summed E-state index contributed by atoms with van der Waals surface area (Å²) in [5, 5.41) is 12.3. The Morgan fingerprint density at radius 3 is 3.00 bits per heavy atom. The van der Waals surface area contributed by atoms with E-state index in [2.05, 4.69) is 16.4 Å². The fourth-order valence-corrected chi connectivity index (χ4v) is 3.55. The van der Waals surface area contributed by atoms with Gasteiger partial charge in [0.05, 0.1) is 17.9 Å². The van der Waals surface area contributed by atoms with E-state index in [0.717, 1.165) is 39.6 Å². The summed E-state index contributed by atoms with van der Waals surface area (Å²) < 4.78 is 0. The van der Waals surface area contributed by atoms with Crippen LogP contribution in [-0.4, -0.2) is 11.4 Å². The number of thiophene rings is 1. The highest BCUT2D eigenvalue weighted by atomic mass is 32.1. The number of amides is 1. The summed E-state index contributed by atoms with van der Waals surface area (Å²) in [4.78, 5) is 19.3. The Hall–Kier alpha value is -3.17. The van der Waals surface area contributed by atoms with Crippen molar-refractivity contribution < 1.29 is 4.79 Å². The maximum Gasteiger partial charge on any atom is 0.214 e. The van der Waals surface area contributed by atoms with Gasteiger partial charge >= 0.3 is 0 Å². The van der Waals surface area contributed by atoms with Crippen molar-refractivity contribution in [2.75, 3.05) is 10.2 Å². The molecule has 3 aromatic rings. The van der Waals surface area contributed by atoms with Crippen molar-refractivity contribution in [2.24, 2.45) is 0 Å². The van der Waals surface area contributed by atoms with Gasteiger partial charge < -0.3 is 10.2 Å². The average molecular weight is 332 g/mol. The second-order valence-corrected chi connectivity index (χ2v) is 6.46. The summed E-state index contributed by atoms with van der Waals surface area (Å²) >= 11 is 1.44. The van der Waals surface area contributed by atoms with Gasteiger partial charge in [-0.3, -0.25) is 4.79 Å². The Bertz CT molecular complexity index is 973. The molecule has 0 aliphatic carbocycles. The first-order chi connectivity index (χ1) is 11.8. The molecule has 1 aliphatic rings. The topological polar surface area (TPSA) is 69.0 Å². The van der Waals surface area contributed by atoms with E-state index in [-0.39, 0.29) is 0 Å². The van der Waals surface area contributed by atoms with Crippen LogP contribution >= 0.6 is 11.3 Å². The summed E-state index contributed by atoms with van der Waals surface area (Å²) in [6.45, 7) is 0.462. The summed E-state index contributed by atoms with van der Waals surface area (Å²) in [6.07, 6.45) is 2.56. The van der Waals surface area contributed by atoms with E-state index in [0.29, 0.717) is 11.4 Å².